The summed E-state index contributed by atoms with van der Waals surface area (Å²) in [7, 11) is 0. The van der Waals surface area contributed by atoms with Crippen molar-refractivity contribution in [1.29, 1.82) is 0 Å². The zero-order chi connectivity index (χ0) is 19.2. The molecule has 0 spiro atoms. The average molecular weight is 453 g/mol. The second kappa shape index (κ2) is 6.86. The van der Waals surface area contributed by atoms with Crippen molar-refractivity contribution in [3.63, 3.8) is 0 Å². The third-order valence-electron chi connectivity index (χ3n) is 4.61. The fraction of sp³-hybridized carbons (Fsp3) is 0.263. The summed E-state index contributed by atoms with van der Waals surface area (Å²) in [6.45, 7) is 0. The Morgan fingerprint density at radius 3 is 1.46 bits per heavy atom. The predicted octanol–water partition coefficient (Wildman–Crippen LogP) is 5.39. The summed E-state index contributed by atoms with van der Waals surface area (Å²) in [6.07, 6.45) is 2.63. The molecule has 3 unspecified atom stereocenters. The van der Waals surface area contributed by atoms with Crippen LogP contribution in [0.1, 0.15) is 17.0 Å². The fourth-order valence-electron chi connectivity index (χ4n) is 3.18. The highest BCUT2D eigenvalue weighted by Crippen LogP contribution is 2.61. The zero-order valence-electron chi connectivity index (χ0n) is 13.3. The van der Waals surface area contributed by atoms with Crippen molar-refractivity contribution in [2.45, 2.75) is 25.2 Å². The summed E-state index contributed by atoms with van der Waals surface area (Å²) in [4.78, 5) is -1.75. The van der Waals surface area contributed by atoms with Gasteiger partial charge in [-0.3, -0.25) is 0 Å². The van der Waals surface area contributed by atoms with Gasteiger partial charge >= 0.3 is 0 Å². The van der Waals surface area contributed by atoms with Crippen LogP contribution in [0.5, 0.6) is 0 Å². The van der Waals surface area contributed by atoms with E-state index >= 15 is 0 Å². The third-order valence-corrected chi connectivity index (χ3v) is 7.57. The molecule has 1 aliphatic carbocycles. The second-order valence-corrected chi connectivity index (χ2v) is 9.33. The molecule has 0 saturated heterocycles. The summed E-state index contributed by atoms with van der Waals surface area (Å²) >= 11 is 31.5. The van der Waals surface area contributed by atoms with Crippen LogP contribution < -0.4 is 0 Å². The van der Waals surface area contributed by atoms with E-state index < -0.39 is 25.2 Å². The number of benzene rings is 2. The highest BCUT2D eigenvalue weighted by molar-refractivity contribution is 6.57. The zero-order valence-corrected chi connectivity index (χ0v) is 17.1. The Morgan fingerprint density at radius 2 is 1.04 bits per heavy atom. The molecule has 2 aromatic rings. The molecule has 0 aliphatic heterocycles. The third kappa shape index (κ3) is 2.97. The molecule has 0 heterocycles. The van der Waals surface area contributed by atoms with E-state index in [0.29, 0.717) is 0 Å². The Morgan fingerprint density at radius 1 is 0.615 bits per heavy atom. The minimum Gasteiger partial charge on any atom is -0.369 e. The van der Waals surface area contributed by atoms with Gasteiger partial charge in [0.1, 0.15) is 4.87 Å². The normalized spacial score (nSPS) is 33.4. The Balaban J connectivity index is 2.27. The lowest BCUT2D eigenvalue weighted by atomic mass is 9.72. The van der Waals surface area contributed by atoms with E-state index in [0.717, 1.165) is 11.1 Å². The van der Waals surface area contributed by atoms with Crippen molar-refractivity contribution in [1.82, 2.24) is 0 Å². The van der Waals surface area contributed by atoms with Gasteiger partial charge in [0.2, 0.25) is 10.1 Å². The standard InChI is InChI=1S/C19H15Cl5O2/c20-16(11-12-17(21,22)19(24,26)18(16,23)25)15(13-7-3-1-4-8-13)14-9-5-2-6-10-14/h1-12,15,25-26H. The van der Waals surface area contributed by atoms with Gasteiger partial charge in [-0.2, -0.15) is 0 Å². The first kappa shape index (κ1) is 20.3. The molecule has 0 bridgehead atoms. The Hall–Kier alpha value is -0.450. The van der Waals surface area contributed by atoms with E-state index in [1.165, 1.54) is 12.2 Å². The van der Waals surface area contributed by atoms with Crippen LogP contribution in [0.4, 0.5) is 0 Å². The largest absolute Gasteiger partial charge is 0.369 e. The maximum Gasteiger partial charge on any atom is 0.220 e. The van der Waals surface area contributed by atoms with Crippen LogP contribution in [0.25, 0.3) is 0 Å². The molecule has 2 N–H and O–H groups in total. The van der Waals surface area contributed by atoms with E-state index in [1.54, 1.807) is 0 Å². The predicted molar refractivity (Wildman–Crippen MR) is 108 cm³/mol. The minimum atomic E-state index is -2.65. The number of aliphatic hydroxyl groups is 2. The smallest absolute Gasteiger partial charge is 0.220 e. The maximum atomic E-state index is 11.1. The molecule has 0 amide bonds. The van der Waals surface area contributed by atoms with E-state index in [-0.39, 0.29) is 0 Å². The number of halogens is 5. The summed E-state index contributed by atoms with van der Waals surface area (Å²) < 4.78 is -2.04. The summed E-state index contributed by atoms with van der Waals surface area (Å²) in [5.74, 6) is -0.653. The van der Waals surface area contributed by atoms with Crippen LogP contribution in [0.2, 0.25) is 0 Å². The van der Waals surface area contributed by atoms with Crippen molar-refractivity contribution >= 4 is 58.0 Å². The van der Waals surface area contributed by atoms with Crippen molar-refractivity contribution in [3.8, 4) is 0 Å². The van der Waals surface area contributed by atoms with E-state index in [2.05, 4.69) is 0 Å². The summed E-state index contributed by atoms with van der Waals surface area (Å²) in [5, 5.41) is 16.5. The van der Waals surface area contributed by atoms with Crippen LogP contribution in [0, 0.1) is 0 Å². The number of hydrogen-bond acceptors (Lipinski definition) is 2. The fourth-order valence-corrected chi connectivity index (χ4v) is 4.71. The van der Waals surface area contributed by atoms with Crippen LogP contribution in [-0.2, 0) is 0 Å². The Bertz CT molecular complexity index is 766. The maximum absolute atomic E-state index is 11.1. The molecule has 1 aliphatic rings. The molecule has 0 fully saturated rings. The van der Waals surface area contributed by atoms with Crippen molar-refractivity contribution in [2.75, 3.05) is 0 Å². The number of rotatable bonds is 3. The van der Waals surface area contributed by atoms with Gasteiger partial charge in [0.15, 0.2) is 4.33 Å². The lowest BCUT2D eigenvalue weighted by Gasteiger charge is -2.53. The molecular formula is C19H15Cl5O2. The SMILES string of the molecule is OC1(Cl)C(Cl)(Cl)C=CC(Cl)(C(c2ccccc2)c2ccccc2)C1(O)Cl. The highest BCUT2D eigenvalue weighted by atomic mass is 35.5. The van der Waals surface area contributed by atoms with Gasteiger partial charge in [-0.1, -0.05) is 113 Å². The van der Waals surface area contributed by atoms with Crippen molar-refractivity contribution < 1.29 is 10.2 Å². The van der Waals surface area contributed by atoms with Crippen LogP contribution in [-0.4, -0.2) is 29.5 Å². The molecule has 7 heteroatoms. The van der Waals surface area contributed by atoms with Crippen LogP contribution in [0.3, 0.4) is 0 Å². The van der Waals surface area contributed by atoms with Gasteiger partial charge in [-0.05, 0) is 17.2 Å². The summed E-state index contributed by atoms with van der Waals surface area (Å²) in [6, 6.07) is 18.5. The first-order chi connectivity index (χ1) is 12.0. The van der Waals surface area contributed by atoms with Crippen LogP contribution >= 0.6 is 58.0 Å². The monoisotopic (exact) mass is 450 g/mol. The molecule has 0 saturated carbocycles. The molecule has 138 valence electrons. The molecule has 0 aromatic heterocycles. The first-order valence-corrected chi connectivity index (χ1v) is 9.63. The molecule has 26 heavy (non-hydrogen) atoms. The quantitative estimate of drug-likeness (QED) is 0.484. The van der Waals surface area contributed by atoms with Crippen molar-refractivity contribution in [3.05, 3.63) is 83.9 Å². The van der Waals surface area contributed by atoms with Crippen molar-refractivity contribution in [2.24, 2.45) is 0 Å². The highest BCUT2D eigenvalue weighted by Gasteiger charge is 2.71. The van der Waals surface area contributed by atoms with E-state index in [4.69, 9.17) is 58.0 Å². The minimum absolute atomic E-state index is 0.653. The number of alkyl halides is 5. The van der Waals surface area contributed by atoms with Crippen LogP contribution in [0.15, 0.2) is 72.8 Å². The molecule has 3 rings (SSSR count). The van der Waals surface area contributed by atoms with Gasteiger partial charge in [-0.25, -0.2) is 0 Å². The summed E-state index contributed by atoms with van der Waals surface area (Å²) in [5.41, 5.74) is 1.53. The van der Waals surface area contributed by atoms with E-state index in [9.17, 15) is 10.2 Å². The van der Waals surface area contributed by atoms with E-state index in [1.807, 2.05) is 60.7 Å². The lowest BCUT2D eigenvalue weighted by molar-refractivity contribution is -0.0702. The van der Waals surface area contributed by atoms with Gasteiger partial charge in [-0.15, -0.1) is 11.6 Å². The van der Waals surface area contributed by atoms with Gasteiger partial charge < -0.3 is 10.2 Å². The topological polar surface area (TPSA) is 40.5 Å². The molecule has 2 nitrogen and oxygen atoms in total. The second-order valence-electron chi connectivity index (χ2n) is 6.22. The molecular weight excluding hydrogens is 437 g/mol. The first-order valence-electron chi connectivity index (χ1n) is 7.74. The lowest BCUT2D eigenvalue weighted by Crippen LogP contribution is -2.69. The average Bonchev–Trinajstić information content (AvgIpc) is 2.61. The number of hydrogen-bond donors (Lipinski definition) is 2. The Labute approximate surface area is 176 Å². The molecule has 3 atom stereocenters. The Kier molecular flexibility index (Phi) is 5.35. The van der Waals surface area contributed by atoms with Gasteiger partial charge in [0.05, 0.1) is 0 Å². The van der Waals surface area contributed by atoms with Gasteiger partial charge in [0, 0.05) is 5.92 Å². The molecule has 0 radical (unpaired) electrons. The van der Waals surface area contributed by atoms with Gasteiger partial charge in [0.25, 0.3) is 0 Å². The molecule has 2 aromatic carbocycles.